The number of aromatic amines is 1. The lowest BCUT2D eigenvalue weighted by Gasteiger charge is -2.06. The fourth-order valence-corrected chi connectivity index (χ4v) is 2.85. The van der Waals surface area contributed by atoms with Gasteiger partial charge in [0.2, 0.25) is 5.91 Å². The number of carbonyl (C=O) groups is 1. The minimum atomic E-state index is -0.597. The van der Waals surface area contributed by atoms with E-state index in [9.17, 15) is 14.4 Å². The van der Waals surface area contributed by atoms with Crippen LogP contribution in [0.25, 0.3) is 0 Å². The van der Waals surface area contributed by atoms with E-state index >= 15 is 0 Å². The van der Waals surface area contributed by atoms with E-state index in [0.29, 0.717) is 6.54 Å². The summed E-state index contributed by atoms with van der Waals surface area (Å²) in [4.78, 5) is 41.8. The molecule has 0 saturated carbocycles. The van der Waals surface area contributed by atoms with E-state index in [4.69, 9.17) is 0 Å². The van der Waals surface area contributed by atoms with Crippen molar-refractivity contribution in [2.24, 2.45) is 0 Å². The summed E-state index contributed by atoms with van der Waals surface area (Å²) < 4.78 is 1.15. The average Bonchev–Trinajstić information content (AvgIpc) is 2.80. The standard InChI is InChI=1S/C13H16N4O3S/c1-3-9-10(21-8(2)15-9)6-14-12(19)7-17-5-4-11(18)16-13(17)20/h4-5H,3,6-7H2,1-2H3,(H,14,19)(H,16,18,20). The minimum Gasteiger partial charge on any atom is -0.350 e. The molecular weight excluding hydrogens is 292 g/mol. The highest BCUT2D eigenvalue weighted by Gasteiger charge is 2.09. The molecule has 8 heteroatoms. The predicted molar refractivity (Wildman–Crippen MR) is 79.4 cm³/mol. The van der Waals surface area contributed by atoms with Crippen molar-refractivity contribution in [3.05, 3.63) is 48.7 Å². The highest BCUT2D eigenvalue weighted by atomic mass is 32.1. The summed E-state index contributed by atoms with van der Waals surface area (Å²) in [5, 5.41) is 3.72. The van der Waals surface area contributed by atoms with Gasteiger partial charge in [0.25, 0.3) is 5.56 Å². The summed E-state index contributed by atoms with van der Waals surface area (Å²) in [5.74, 6) is -0.294. The quantitative estimate of drug-likeness (QED) is 0.823. The van der Waals surface area contributed by atoms with Crippen LogP contribution < -0.4 is 16.6 Å². The molecule has 0 atom stereocenters. The molecule has 0 aliphatic heterocycles. The Kier molecular flexibility index (Phi) is 4.69. The molecule has 1 amide bonds. The molecule has 0 radical (unpaired) electrons. The lowest BCUT2D eigenvalue weighted by atomic mass is 10.3. The summed E-state index contributed by atoms with van der Waals surface area (Å²) in [6.45, 7) is 4.20. The van der Waals surface area contributed by atoms with Crippen molar-refractivity contribution in [2.75, 3.05) is 0 Å². The van der Waals surface area contributed by atoms with Crippen molar-refractivity contribution in [1.82, 2.24) is 19.9 Å². The maximum absolute atomic E-state index is 11.9. The summed E-state index contributed by atoms with van der Waals surface area (Å²) in [5.41, 5.74) is -0.0936. The zero-order valence-electron chi connectivity index (χ0n) is 11.8. The van der Waals surface area contributed by atoms with Crippen LogP contribution in [-0.4, -0.2) is 20.4 Å². The molecule has 2 aromatic rings. The summed E-state index contributed by atoms with van der Waals surface area (Å²) in [6.07, 6.45) is 2.12. The molecule has 21 heavy (non-hydrogen) atoms. The number of hydrogen-bond acceptors (Lipinski definition) is 5. The largest absolute Gasteiger partial charge is 0.350 e. The van der Waals surface area contributed by atoms with Gasteiger partial charge in [0.1, 0.15) is 6.54 Å². The number of hydrogen-bond donors (Lipinski definition) is 2. The number of amides is 1. The van der Waals surface area contributed by atoms with E-state index in [1.165, 1.54) is 12.3 Å². The summed E-state index contributed by atoms with van der Waals surface area (Å²) in [7, 11) is 0. The average molecular weight is 308 g/mol. The molecule has 0 spiro atoms. The molecular formula is C13H16N4O3S. The van der Waals surface area contributed by atoms with E-state index in [1.807, 2.05) is 13.8 Å². The molecule has 0 unspecified atom stereocenters. The van der Waals surface area contributed by atoms with Gasteiger partial charge in [-0.05, 0) is 13.3 Å². The number of nitrogens with zero attached hydrogens (tertiary/aromatic N) is 2. The van der Waals surface area contributed by atoms with Gasteiger partial charge in [-0.2, -0.15) is 0 Å². The molecule has 2 aromatic heterocycles. The normalized spacial score (nSPS) is 10.6. The fourth-order valence-electron chi connectivity index (χ4n) is 1.88. The van der Waals surface area contributed by atoms with Crippen LogP contribution >= 0.6 is 11.3 Å². The van der Waals surface area contributed by atoms with Crippen LogP contribution in [0.15, 0.2) is 21.9 Å². The number of thiazole rings is 1. The van der Waals surface area contributed by atoms with E-state index in [-0.39, 0.29) is 12.5 Å². The van der Waals surface area contributed by atoms with E-state index in [0.717, 1.165) is 26.6 Å². The smallest absolute Gasteiger partial charge is 0.328 e. The zero-order chi connectivity index (χ0) is 15.4. The Labute approximate surface area is 124 Å². The Balaban J connectivity index is 1.99. The van der Waals surface area contributed by atoms with Crippen LogP contribution in [0.2, 0.25) is 0 Å². The van der Waals surface area contributed by atoms with Crippen molar-refractivity contribution in [2.45, 2.75) is 33.4 Å². The molecule has 7 nitrogen and oxygen atoms in total. The van der Waals surface area contributed by atoms with Gasteiger partial charge in [-0.3, -0.25) is 19.1 Å². The Bertz CT molecular complexity index is 759. The first kappa shape index (κ1) is 15.2. The lowest BCUT2D eigenvalue weighted by molar-refractivity contribution is -0.121. The topological polar surface area (TPSA) is 96.8 Å². The van der Waals surface area contributed by atoms with Crippen molar-refractivity contribution in [1.29, 1.82) is 0 Å². The van der Waals surface area contributed by atoms with Crippen LogP contribution in [-0.2, 0) is 24.3 Å². The van der Waals surface area contributed by atoms with Gasteiger partial charge in [0.05, 0.1) is 17.2 Å². The molecule has 2 heterocycles. The number of H-pyrrole nitrogens is 1. The first-order valence-corrected chi connectivity index (χ1v) is 7.33. The maximum atomic E-state index is 11.9. The first-order valence-electron chi connectivity index (χ1n) is 6.51. The molecule has 0 aliphatic carbocycles. The van der Waals surface area contributed by atoms with Gasteiger partial charge >= 0.3 is 5.69 Å². The third kappa shape index (κ3) is 3.88. The zero-order valence-corrected chi connectivity index (χ0v) is 12.6. The molecule has 0 aromatic carbocycles. The minimum absolute atomic E-state index is 0.130. The van der Waals surface area contributed by atoms with Crippen molar-refractivity contribution in [3.63, 3.8) is 0 Å². The Morgan fingerprint density at radius 2 is 2.24 bits per heavy atom. The highest BCUT2D eigenvalue weighted by molar-refractivity contribution is 7.11. The van der Waals surface area contributed by atoms with Crippen LogP contribution in [0.1, 0.15) is 22.5 Å². The van der Waals surface area contributed by atoms with Gasteiger partial charge in [-0.1, -0.05) is 6.92 Å². The third-order valence-electron chi connectivity index (χ3n) is 2.88. The predicted octanol–water partition coefficient (Wildman–Crippen LogP) is 0.180. The van der Waals surface area contributed by atoms with Gasteiger partial charge in [0, 0.05) is 17.1 Å². The molecule has 2 rings (SSSR count). The van der Waals surface area contributed by atoms with Gasteiger partial charge in [0.15, 0.2) is 0 Å². The lowest BCUT2D eigenvalue weighted by Crippen LogP contribution is -2.35. The van der Waals surface area contributed by atoms with Gasteiger partial charge < -0.3 is 5.32 Å². The van der Waals surface area contributed by atoms with Crippen LogP contribution in [0.3, 0.4) is 0 Å². The van der Waals surface area contributed by atoms with Gasteiger partial charge in [-0.15, -0.1) is 11.3 Å². The number of aromatic nitrogens is 3. The van der Waals surface area contributed by atoms with E-state index in [1.54, 1.807) is 11.3 Å². The second-order valence-corrected chi connectivity index (χ2v) is 5.76. The number of nitrogens with one attached hydrogen (secondary N) is 2. The molecule has 2 N–H and O–H groups in total. The molecule has 0 saturated heterocycles. The number of rotatable bonds is 5. The maximum Gasteiger partial charge on any atom is 0.328 e. The number of aryl methyl sites for hydroxylation is 2. The van der Waals surface area contributed by atoms with E-state index < -0.39 is 11.2 Å². The van der Waals surface area contributed by atoms with Crippen LogP contribution in [0, 0.1) is 6.92 Å². The molecule has 0 aliphatic rings. The van der Waals surface area contributed by atoms with Crippen LogP contribution in [0.4, 0.5) is 0 Å². The highest BCUT2D eigenvalue weighted by Crippen LogP contribution is 2.18. The van der Waals surface area contributed by atoms with Crippen LogP contribution in [0.5, 0.6) is 0 Å². The second-order valence-electron chi connectivity index (χ2n) is 4.47. The second kappa shape index (κ2) is 6.49. The molecule has 0 fully saturated rings. The monoisotopic (exact) mass is 308 g/mol. The SMILES string of the molecule is CCc1nc(C)sc1CNC(=O)Cn1ccc(=O)[nH]c1=O. The summed E-state index contributed by atoms with van der Waals surface area (Å²) >= 11 is 1.55. The Morgan fingerprint density at radius 1 is 1.48 bits per heavy atom. The summed E-state index contributed by atoms with van der Waals surface area (Å²) in [6, 6.07) is 1.20. The Hall–Kier alpha value is -2.22. The van der Waals surface area contributed by atoms with Crippen molar-refractivity contribution in [3.8, 4) is 0 Å². The molecule has 112 valence electrons. The van der Waals surface area contributed by atoms with Crippen molar-refractivity contribution < 1.29 is 4.79 Å². The Morgan fingerprint density at radius 3 is 2.90 bits per heavy atom. The van der Waals surface area contributed by atoms with Crippen molar-refractivity contribution >= 4 is 17.2 Å². The third-order valence-corrected chi connectivity index (χ3v) is 3.89. The van der Waals surface area contributed by atoms with Gasteiger partial charge in [-0.25, -0.2) is 9.78 Å². The fraction of sp³-hybridized carbons (Fsp3) is 0.385. The van der Waals surface area contributed by atoms with E-state index in [2.05, 4.69) is 15.3 Å². The first-order chi connectivity index (χ1) is 9.99. The number of carbonyl (C=O) groups excluding carboxylic acids is 1. The molecule has 0 bridgehead atoms.